The zero-order valence-corrected chi connectivity index (χ0v) is 8.53. The first-order valence-electron chi connectivity index (χ1n) is 4.57. The Morgan fingerprint density at radius 3 is 3.19 bits per heavy atom. The standard InChI is InChI=1S/C8H10N4O4/c1-15-11-5-2-6(7-10-9-4-16-7)12(3-5)8(13)14/h4,6H,2-3H2,1H3,(H,13,14)/t6-/m0/s1. The third-order valence-corrected chi connectivity index (χ3v) is 2.29. The molecule has 0 saturated carbocycles. The molecule has 8 heteroatoms. The van der Waals surface area contributed by atoms with E-state index >= 15 is 0 Å². The molecule has 2 rings (SSSR count). The molecular weight excluding hydrogens is 216 g/mol. The van der Waals surface area contributed by atoms with Gasteiger partial charge in [-0.15, -0.1) is 10.2 Å². The van der Waals surface area contributed by atoms with Crippen LogP contribution >= 0.6 is 0 Å². The first-order valence-corrected chi connectivity index (χ1v) is 4.57. The van der Waals surface area contributed by atoms with Crippen molar-refractivity contribution in [3.05, 3.63) is 12.3 Å². The monoisotopic (exact) mass is 226 g/mol. The van der Waals surface area contributed by atoms with Crippen molar-refractivity contribution in [2.45, 2.75) is 12.5 Å². The minimum Gasteiger partial charge on any atom is -0.465 e. The van der Waals surface area contributed by atoms with E-state index in [-0.39, 0.29) is 12.4 Å². The Kier molecular flexibility index (Phi) is 2.71. The Morgan fingerprint density at radius 1 is 1.81 bits per heavy atom. The second kappa shape index (κ2) is 4.17. The van der Waals surface area contributed by atoms with Gasteiger partial charge in [0.15, 0.2) is 0 Å². The van der Waals surface area contributed by atoms with Gasteiger partial charge in [0.25, 0.3) is 0 Å². The number of hydrogen-bond donors (Lipinski definition) is 1. The molecule has 1 aromatic heterocycles. The summed E-state index contributed by atoms with van der Waals surface area (Å²) in [5.41, 5.74) is 0.633. The highest BCUT2D eigenvalue weighted by atomic mass is 16.6. The summed E-state index contributed by atoms with van der Waals surface area (Å²) in [5.74, 6) is 0.267. The van der Waals surface area contributed by atoms with Crippen LogP contribution in [-0.4, -0.2) is 45.7 Å². The summed E-state index contributed by atoms with van der Waals surface area (Å²) in [7, 11) is 1.41. The van der Waals surface area contributed by atoms with Crippen LogP contribution in [0.5, 0.6) is 0 Å². The largest absolute Gasteiger partial charge is 0.465 e. The van der Waals surface area contributed by atoms with E-state index in [1.54, 1.807) is 0 Å². The third-order valence-electron chi connectivity index (χ3n) is 2.29. The minimum absolute atomic E-state index is 0.191. The summed E-state index contributed by atoms with van der Waals surface area (Å²) in [6, 6.07) is -0.478. The van der Waals surface area contributed by atoms with Gasteiger partial charge in [-0.05, 0) is 0 Å². The van der Waals surface area contributed by atoms with E-state index in [2.05, 4.69) is 20.2 Å². The van der Waals surface area contributed by atoms with Gasteiger partial charge in [0.05, 0.1) is 12.3 Å². The molecule has 0 bridgehead atoms. The molecule has 0 aliphatic carbocycles. The molecule has 1 saturated heterocycles. The zero-order chi connectivity index (χ0) is 11.5. The van der Waals surface area contributed by atoms with E-state index in [1.165, 1.54) is 18.4 Å². The molecule has 0 unspecified atom stereocenters. The second-order valence-corrected chi connectivity index (χ2v) is 3.25. The number of nitrogens with zero attached hydrogens (tertiary/aromatic N) is 4. The van der Waals surface area contributed by atoms with Crippen LogP contribution in [0.15, 0.2) is 16.0 Å². The molecule has 1 atom stereocenters. The fourth-order valence-electron chi connectivity index (χ4n) is 1.65. The number of aromatic nitrogens is 2. The molecule has 16 heavy (non-hydrogen) atoms. The average Bonchev–Trinajstić information content (AvgIpc) is 2.83. The molecule has 0 aromatic carbocycles. The number of hydrogen-bond acceptors (Lipinski definition) is 6. The Hall–Kier alpha value is -2.12. The fraction of sp³-hybridized carbons (Fsp3) is 0.500. The van der Waals surface area contributed by atoms with E-state index in [0.717, 1.165) is 0 Å². The van der Waals surface area contributed by atoms with E-state index in [9.17, 15) is 4.79 Å². The van der Waals surface area contributed by atoms with Gasteiger partial charge < -0.3 is 14.4 Å². The topological polar surface area (TPSA) is 101 Å². The summed E-state index contributed by atoms with van der Waals surface area (Å²) in [4.78, 5) is 16.8. The van der Waals surface area contributed by atoms with Crippen molar-refractivity contribution in [1.29, 1.82) is 0 Å². The van der Waals surface area contributed by atoms with Crippen molar-refractivity contribution in [2.75, 3.05) is 13.7 Å². The summed E-state index contributed by atoms with van der Waals surface area (Å²) in [6.45, 7) is 0.191. The summed E-state index contributed by atoms with van der Waals surface area (Å²) >= 11 is 0. The van der Waals surface area contributed by atoms with Crippen LogP contribution in [0, 0.1) is 0 Å². The highest BCUT2D eigenvalue weighted by Gasteiger charge is 2.37. The molecule has 1 aliphatic heterocycles. The smallest absolute Gasteiger partial charge is 0.408 e. The van der Waals surface area contributed by atoms with Crippen LogP contribution in [-0.2, 0) is 4.84 Å². The quantitative estimate of drug-likeness (QED) is 0.736. The van der Waals surface area contributed by atoms with Crippen molar-refractivity contribution >= 4 is 11.8 Å². The van der Waals surface area contributed by atoms with E-state index < -0.39 is 12.1 Å². The van der Waals surface area contributed by atoms with Gasteiger partial charge in [-0.25, -0.2) is 4.79 Å². The third kappa shape index (κ3) is 1.81. The lowest BCUT2D eigenvalue weighted by Gasteiger charge is -2.16. The molecule has 86 valence electrons. The van der Waals surface area contributed by atoms with E-state index in [0.29, 0.717) is 12.1 Å². The maximum atomic E-state index is 11.0. The van der Waals surface area contributed by atoms with Gasteiger partial charge >= 0.3 is 6.09 Å². The lowest BCUT2D eigenvalue weighted by Crippen LogP contribution is -2.29. The first-order chi connectivity index (χ1) is 7.72. The molecule has 2 heterocycles. The Bertz CT molecular complexity index is 402. The Balaban J connectivity index is 2.23. The Labute approximate surface area is 90.5 Å². The SMILES string of the molecule is CON=C1C[C@@H](c2nnco2)N(C(=O)O)C1. The van der Waals surface area contributed by atoms with Crippen LogP contribution in [0.3, 0.4) is 0 Å². The molecule has 0 radical (unpaired) electrons. The number of carbonyl (C=O) groups is 1. The van der Waals surface area contributed by atoms with Crippen LogP contribution in [0.2, 0.25) is 0 Å². The van der Waals surface area contributed by atoms with E-state index in [1.807, 2.05) is 0 Å². The highest BCUT2D eigenvalue weighted by Crippen LogP contribution is 2.29. The van der Waals surface area contributed by atoms with Crippen LogP contribution in [0.1, 0.15) is 18.4 Å². The van der Waals surface area contributed by atoms with Crippen molar-refractivity contribution in [3.8, 4) is 0 Å². The van der Waals surface area contributed by atoms with E-state index in [4.69, 9.17) is 9.52 Å². The first kappa shape index (κ1) is 10.4. The van der Waals surface area contributed by atoms with Crippen LogP contribution < -0.4 is 0 Å². The van der Waals surface area contributed by atoms with Crippen LogP contribution in [0.25, 0.3) is 0 Å². The number of likely N-dealkylation sites (tertiary alicyclic amines) is 1. The normalized spacial score (nSPS) is 22.7. The Morgan fingerprint density at radius 2 is 2.62 bits per heavy atom. The van der Waals surface area contributed by atoms with Crippen molar-refractivity contribution in [1.82, 2.24) is 15.1 Å². The second-order valence-electron chi connectivity index (χ2n) is 3.25. The zero-order valence-electron chi connectivity index (χ0n) is 8.53. The number of oxime groups is 1. The van der Waals surface area contributed by atoms with Gasteiger partial charge in [0, 0.05) is 6.42 Å². The summed E-state index contributed by atoms with van der Waals surface area (Å²) < 4.78 is 5.00. The molecule has 1 N–H and O–H groups in total. The predicted octanol–water partition coefficient (Wildman–Crippen LogP) is 0.497. The molecule has 1 amide bonds. The van der Waals surface area contributed by atoms with Gasteiger partial charge in [-0.2, -0.15) is 0 Å². The molecule has 0 spiro atoms. The number of carboxylic acid groups (broad SMARTS) is 1. The molecule has 1 fully saturated rings. The number of rotatable bonds is 2. The minimum atomic E-state index is -1.05. The summed E-state index contributed by atoms with van der Waals surface area (Å²) in [5, 5.41) is 20.0. The van der Waals surface area contributed by atoms with Gasteiger partial charge in [0.2, 0.25) is 12.3 Å². The molecule has 1 aliphatic rings. The van der Waals surface area contributed by atoms with Crippen molar-refractivity contribution in [3.63, 3.8) is 0 Å². The van der Waals surface area contributed by atoms with Gasteiger partial charge in [0.1, 0.15) is 13.2 Å². The van der Waals surface area contributed by atoms with Crippen LogP contribution in [0.4, 0.5) is 4.79 Å². The van der Waals surface area contributed by atoms with Crippen molar-refractivity contribution in [2.24, 2.45) is 5.16 Å². The fourth-order valence-corrected chi connectivity index (χ4v) is 1.65. The van der Waals surface area contributed by atoms with Gasteiger partial charge in [-0.3, -0.25) is 4.90 Å². The van der Waals surface area contributed by atoms with Crippen molar-refractivity contribution < 1.29 is 19.2 Å². The molecular formula is C8H10N4O4. The highest BCUT2D eigenvalue weighted by molar-refractivity contribution is 5.91. The average molecular weight is 226 g/mol. The van der Waals surface area contributed by atoms with Gasteiger partial charge in [-0.1, -0.05) is 5.16 Å². The maximum Gasteiger partial charge on any atom is 0.408 e. The molecule has 8 nitrogen and oxygen atoms in total. The summed E-state index contributed by atoms with van der Waals surface area (Å²) in [6.07, 6.45) is 0.521. The molecule has 1 aromatic rings. The maximum absolute atomic E-state index is 11.0. The lowest BCUT2D eigenvalue weighted by molar-refractivity contribution is 0.134. The predicted molar refractivity (Wildman–Crippen MR) is 50.8 cm³/mol. The lowest BCUT2D eigenvalue weighted by atomic mass is 10.2. The number of amides is 1.